The number of pyridine rings is 1. The van der Waals surface area contributed by atoms with Crippen molar-refractivity contribution in [3.05, 3.63) is 53.9 Å². The minimum absolute atomic E-state index is 0.142. The van der Waals surface area contributed by atoms with E-state index in [0.717, 1.165) is 11.3 Å². The fourth-order valence-corrected chi connectivity index (χ4v) is 1.74. The molecule has 1 heterocycles. The maximum Gasteiger partial charge on any atom is 0.272 e. The average molecular weight is 271 g/mol. The van der Waals surface area contributed by atoms with Crippen LogP contribution in [0.5, 0.6) is 5.75 Å². The molecule has 0 atom stereocenters. The summed E-state index contributed by atoms with van der Waals surface area (Å²) in [6.45, 7) is 0.478. The number of hydrogen-bond donors (Lipinski definition) is 2. The van der Waals surface area contributed by atoms with Crippen LogP contribution >= 0.6 is 0 Å². The number of anilines is 1. The van der Waals surface area contributed by atoms with E-state index in [1.807, 2.05) is 12.1 Å². The lowest BCUT2D eigenvalue weighted by atomic mass is 10.2. The molecular formula is C15H17N3O2. The van der Waals surface area contributed by atoms with Crippen LogP contribution in [-0.4, -0.2) is 35.0 Å². The average Bonchev–Trinajstić information content (AvgIpc) is 2.46. The van der Waals surface area contributed by atoms with Crippen molar-refractivity contribution in [1.29, 1.82) is 0 Å². The van der Waals surface area contributed by atoms with Crippen LogP contribution in [0.2, 0.25) is 0 Å². The summed E-state index contributed by atoms with van der Waals surface area (Å²) in [4.78, 5) is 17.4. The highest BCUT2D eigenvalue weighted by molar-refractivity contribution is 5.92. The Morgan fingerprint density at radius 3 is 2.75 bits per heavy atom. The van der Waals surface area contributed by atoms with E-state index in [4.69, 9.17) is 0 Å². The number of benzene rings is 1. The van der Waals surface area contributed by atoms with Crippen molar-refractivity contribution in [3.63, 3.8) is 0 Å². The van der Waals surface area contributed by atoms with Gasteiger partial charge < -0.3 is 15.3 Å². The predicted octanol–water partition coefficient (Wildman–Crippen LogP) is 2.10. The Balaban J connectivity index is 2.09. The van der Waals surface area contributed by atoms with Crippen molar-refractivity contribution < 1.29 is 9.90 Å². The number of carbonyl (C=O) groups excluding carboxylic acids is 1. The van der Waals surface area contributed by atoms with E-state index in [-0.39, 0.29) is 11.7 Å². The number of nitrogens with one attached hydrogen (secondary N) is 1. The number of aromatic hydroxyl groups is 1. The quantitative estimate of drug-likeness (QED) is 0.893. The van der Waals surface area contributed by atoms with Gasteiger partial charge in [-0.2, -0.15) is 0 Å². The van der Waals surface area contributed by atoms with Crippen molar-refractivity contribution in [2.45, 2.75) is 6.54 Å². The summed E-state index contributed by atoms with van der Waals surface area (Å²) in [6, 6.07) is 10.6. The number of amides is 1. The second-order valence-electron chi connectivity index (χ2n) is 4.61. The van der Waals surface area contributed by atoms with Gasteiger partial charge in [-0.1, -0.05) is 18.2 Å². The molecule has 0 aliphatic heterocycles. The lowest BCUT2D eigenvalue weighted by molar-refractivity contribution is 0.0822. The number of carbonyl (C=O) groups is 1. The maximum atomic E-state index is 11.8. The molecule has 1 amide bonds. The third-order valence-corrected chi connectivity index (χ3v) is 2.86. The van der Waals surface area contributed by atoms with E-state index >= 15 is 0 Å². The molecule has 0 aliphatic carbocycles. The summed E-state index contributed by atoms with van der Waals surface area (Å²) >= 11 is 0. The van der Waals surface area contributed by atoms with E-state index in [1.54, 1.807) is 44.6 Å². The van der Waals surface area contributed by atoms with Gasteiger partial charge in [-0.05, 0) is 18.2 Å². The Hall–Kier alpha value is -2.56. The molecule has 5 nitrogen and oxygen atoms in total. The van der Waals surface area contributed by atoms with Gasteiger partial charge in [0.1, 0.15) is 11.4 Å². The number of phenolic OH excluding ortho intramolecular Hbond substituents is 1. The van der Waals surface area contributed by atoms with E-state index in [0.29, 0.717) is 12.2 Å². The molecule has 1 aromatic carbocycles. The lowest BCUT2D eigenvalue weighted by Crippen LogP contribution is -2.22. The Kier molecular flexibility index (Phi) is 4.20. The first-order valence-corrected chi connectivity index (χ1v) is 6.26. The zero-order valence-corrected chi connectivity index (χ0v) is 11.5. The van der Waals surface area contributed by atoms with Gasteiger partial charge in [0.05, 0.1) is 0 Å². The standard InChI is InChI=1S/C15H17N3O2/c1-18(2)15(20)13-9-12(7-8-16-13)17-10-11-5-3-4-6-14(11)19/h3-9,19H,10H2,1-2H3,(H,16,17). The second kappa shape index (κ2) is 6.06. The Morgan fingerprint density at radius 2 is 2.05 bits per heavy atom. The van der Waals surface area contributed by atoms with Gasteiger partial charge in [0.25, 0.3) is 5.91 Å². The minimum atomic E-state index is -0.142. The fraction of sp³-hybridized carbons (Fsp3) is 0.200. The molecule has 0 saturated carbocycles. The van der Waals surface area contributed by atoms with Crippen LogP contribution in [-0.2, 0) is 6.54 Å². The van der Waals surface area contributed by atoms with E-state index < -0.39 is 0 Å². The Morgan fingerprint density at radius 1 is 1.30 bits per heavy atom. The number of para-hydroxylation sites is 1. The Labute approximate surface area is 117 Å². The van der Waals surface area contributed by atoms with Crippen LogP contribution in [0.1, 0.15) is 16.1 Å². The van der Waals surface area contributed by atoms with E-state index in [1.165, 1.54) is 4.90 Å². The molecule has 1 aromatic heterocycles. The van der Waals surface area contributed by atoms with Crippen LogP contribution in [0.15, 0.2) is 42.6 Å². The molecule has 0 spiro atoms. The number of rotatable bonds is 4. The summed E-state index contributed by atoms with van der Waals surface area (Å²) in [7, 11) is 3.37. The number of hydrogen-bond acceptors (Lipinski definition) is 4. The van der Waals surface area contributed by atoms with Crippen LogP contribution in [0, 0.1) is 0 Å². The predicted molar refractivity (Wildman–Crippen MR) is 77.7 cm³/mol. The van der Waals surface area contributed by atoms with E-state index in [9.17, 15) is 9.90 Å². The molecule has 0 unspecified atom stereocenters. The summed E-state index contributed by atoms with van der Waals surface area (Å²) in [6.07, 6.45) is 1.59. The highest BCUT2D eigenvalue weighted by Gasteiger charge is 2.09. The van der Waals surface area contributed by atoms with Crippen LogP contribution < -0.4 is 5.32 Å². The Bertz CT molecular complexity index is 612. The van der Waals surface area contributed by atoms with Crippen molar-refractivity contribution in [2.75, 3.05) is 19.4 Å². The highest BCUT2D eigenvalue weighted by atomic mass is 16.3. The van der Waals surface area contributed by atoms with Crippen LogP contribution in [0.3, 0.4) is 0 Å². The number of nitrogens with zero attached hydrogens (tertiary/aromatic N) is 2. The zero-order chi connectivity index (χ0) is 14.5. The summed E-state index contributed by atoms with van der Waals surface area (Å²) in [5, 5.41) is 12.9. The first-order valence-electron chi connectivity index (χ1n) is 6.26. The molecule has 2 rings (SSSR count). The molecule has 0 bridgehead atoms. The highest BCUT2D eigenvalue weighted by Crippen LogP contribution is 2.17. The van der Waals surface area contributed by atoms with Crippen LogP contribution in [0.25, 0.3) is 0 Å². The fourth-order valence-electron chi connectivity index (χ4n) is 1.74. The molecule has 20 heavy (non-hydrogen) atoms. The molecule has 0 radical (unpaired) electrons. The molecular weight excluding hydrogens is 254 g/mol. The summed E-state index contributed by atoms with van der Waals surface area (Å²) < 4.78 is 0. The number of aromatic nitrogens is 1. The van der Waals surface area contributed by atoms with E-state index in [2.05, 4.69) is 10.3 Å². The summed E-state index contributed by atoms with van der Waals surface area (Å²) in [5.41, 5.74) is 1.97. The van der Waals surface area contributed by atoms with Gasteiger partial charge in [0.15, 0.2) is 0 Å². The molecule has 104 valence electrons. The molecule has 0 saturated heterocycles. The van der Waals surface area contributed by atoms with Crippen molar-refractivity contribution >= 4 is 11.6 Å². The normalized spacial score (nSPS) is 10.1. The second-order valence-corrected chi connectivity index (χ2v) is 4.61. The van der Waals surface area contributed by atoms with Crippen molar-refractivity contribution in [1.82, 2.24) is 9.88 Å². The molecule has 2 aromatic rings. The van der Waals surface area contributed by atoms with Crippen molar-refractivity contribution in [3.8, 4) is 5.75 Å². The molecule has 5 heteroatoms. The third-order valence-electron chi connectivity index (χ3n) is 2.86. The SMILES string of the molecule is CN(C)C(=O)c1cc(NCc2ccccc2O)ccn1. The minimum Gasteiger partial charge on any atom is -0.508 e. The van der Waals surface area contributed by atoms with Gasteiger partial charge in [-0.25, -0.2) is 0 Å². The lowest BCUT2D eigenvalue weighted by Gasteiger charge is -2.11. The van der Waals surface area contributed by atoms with Gasteiger partial charge in [0, 0.05) is 38.1 Å². The zero-order valence-electron chi connectivity index (χ0n) is 11.5. The monoisotopic (exact) mass is 271 g/mol. The summed E-state index contributed by atoms with van der Waals surface area (Å²) in [5.74, 6) is 0.106. The van der Waals surface area contributed by atoms with Gasteiger partial charge in [0.2, 0.25) is 0 Å². The number of phenols is 1. The molecule has 0 aliphatic rings. The first-order chi connectivity index (χ1) is 9.58. The van der Waals surface area contributed by atoms with Crippen LogP contribution in [0.4, 0.5) is 5.69 Å². The topological polar surface area (TPSA) is 65.5 Å². The molecule has 0 fully saturated rings. The van der Waals surface area contributed by atoms with Gasteiger partial charge in [-0.3, -0.25) is 9.78 Å². The smallest absolute Gasteiger partial charge is 0.272 e. The largest absolute Gasteiger partial charge is 0.508 e. The maximum absolute atomic E-state index is 11.8. The van der Waals surface area contributed by atoms with Gasteiger partial charge in [-0.15, -0.1) is 0 Å². The third kappa shape index (κ3) is 3.26. The van der Waals surface area contributed by atoms with Gasteiger partial charge >= 0.3 is 0 Å². The molecule has 2 N–H and O–H groups in total. The van der Waals surface area contributed by atoms with Crippen molar-refractivity contribution in [2.24, 2.45) is 0 Å². The first kappa shape index (κ1) is 13.9.